The quantitative estimate of drug-likeness (QED) is 0.525. The maximum Gasteiger partial charge on any atom is 0.338 e. The number of hydrogen-bond acceptors (Lipinski definition) is 5. The molecule has 1 aliphatic heterocycles. The Bertz CT molecular complexity index is 1270. The first kappa shape index (κ1) is 23.7. The van der Waals surface area contributed by atoms with Crippen molar-refractivity contribution in [2.75, 3.05) is 22.1 Å². The maximum atomic E-state index is 13.5. The molecule has 2 N–H and O–H groups in total. The number of esters is 1. The number of para-hydroxylation sites is 2. The highest BCUT2D eigenvalue weighted by molar-refractivity contribution is 6.17. The number of nitrogens with one attached hydrogen (secondary N) is 2. The topological polar surface area (TPSA) is 105 Å². The molecule has 0 radical (unpaired) electrons. The van der Waals surface area contributed by atoms with Crippen molar-refractivity contribution in [2.24, 2.45) is 0 Å². The largest absolute Gasteiger partial charge is 0.462 e. The van der Waals surface area contributed by atoms with Gasteiger partial charge in [0.15, 0.2) is 0 Å². The van der Waals surface area contributed by atoms with E-state index < -0.39 is 23.8 Å². The van der Waals surface area contributed by atoms with Crippen LogP contribution in [0.1, 0.15) is 39.6 Å². The van der Waals surface area contributed by atoms with Crippen molar-refractivity contribution >= 4 is 40.8 Å². The normalized spacial score (nSPS) is 14.5. The zero-order valence-corrected chi connectivity index (χ0v) is 19.4. The van der Waals surface area contributed by atoms with E-state index >= 15 is 0 Å². The van der Waals surface area contributed by atoms with Gasteiger partial charge < -0.3 is 15.4 Å². The van der Waals surface area contributed by atoms with E-state index in [-0.39, 0.29) is 18.9 Å². The van der Waals surface area contributed by atoms with E-state index in [2.05, 4.69) is 10.6 Å². The van der Waals surface area contributed by atoms with Gasteiger partial charge in [-0.3, -0.25) is 19.3 Å². The number of aryl methyl sites for hydroxylation is 1. The number of hydrogen-bond donors (Lipinski definition) is 2. The minimum atomic E-state index is -1.04. The van der Waals surface area contributed by atoms with Crippen molar-refractivity contribution in [1.29, 1.82) is 0 Å². The van der Waals surface area contributed by atoms with Crippen LogP contribution in [0.3, 0.4) is 0 Å². The Labute approximate surface area is 202 Å². The fourth-order valence-electron chi connectivity index (χ4n) is 3.85. The van der Waals surface area contributed by atoms with Crippen molar-refractivity contribution in [1.82, 2.24) is 0 Å². The number of nitrogens with zero attached hydrogens (tertiary/aromatic N) is 1. The molecule has 1 unspecified atom stereocenters. The van der Waals surface area contributed by atoms with Gasteiger partial charge in [-0.15, -0.1) is 0 Å². The molecule has 1 atom stereocenters. The molecular formula is C27H25N3O5. The number of benzene rings is 3. The summed E-state index contributed by atoms with van der Waals surface area (Å²) >= 11 is 0. The van der Waals surface area contributed by atoms with Crippen LogP contribution in [-0.2, 0) is 14.3 Å². The summed E-state index contributed by atoms with van der Waals surface area (Å²) in [4.78, 5) is 52.6. The van der Waals surface area contributed by atoms with Crippen molar-refractivity contribution < 1.29 is 23.9 Å². The number of fused-ring (bicyclic) bond motifs is 1. The van der Waals surface area contributed by atoms with Gasteiger partial charge in [0.05, 0.1) is 30.0 Å². The number of rotatable bonds is 6. The minimum absolute atomic E-state index is 0.253. The lowest BCUT2D eigenvalue weighted by molar-refractivity contribution is -0.122. The van der Waals surface area contributed by atoms with Gasteiger partial charge in [0.1, 0.15) is 6.04 Å². The van der Waals surface area contributed by atoms with Crippen molar-refractivity contribution in [2.45, 2.75) is 26.3 Å². The molecule has 0 saturated carbocycles. The number of carbonyl (C=O) groups is 4. The molecule has 0 spiro atoms. The molecule has 8 nitrogen and oxygen atoms in total. The van der Waals surface area contributed by atoms with Crippen molar-refractivity contribution in [3.63, 3.8) is 0 Å². The highest BCUT2D eigenvalue weighted by Gasteiger charge is 2.38. The SMILES string of the molecule is CCOC(=O)c1ccc(NC(=O)CC2C(=O)Nc3ccccc3N2C(=O)c2ccc(C)cc2)cc1. The zero-order valence-electron chi connectivity index (χ0n) is 19.4. The van der Waals surface area contributed by atoms with Gasteiger partial charge in [0, 0.05) is 11.3 Å². The fourth-order valence-corrected chi connectivity index (χ4v) is 3.85. The molecule has 0 fully saturated rings. The van der Waals surface area contributed by atoms with Gasteiger partial charge in [-0.05, 0) is 62.4 Å². The fraction of sp³-hybridized carbons (Fsp3) is 0.185. The summed E-state index contributed by atoms with van der Waals surface area (Å²) in [6.07, 6.45) is -0.253. The maximum absolute atomic E-state index is 13.5. The van der Waals surface area contributed by atoms with E-state index in [1.165, 1.54) is 4.90 Å². The second-order valence-electron chi connectivity index (χ2n) is 8.11. The molecule has 0 aromatic heterocycles. The van der Waals surface area contributed by atoms with Gasteiger partial charge >= 0.3 is 5.97 Å². The molecule has 35 heavy (non-hydrogen) atoms. The highest BCUT2D eigenvalue weighted by Crippen LogP contribution is 2.34. The Morgan fingerprint density at radius 2 is 1.60 bits per heavy atom. The summed E-state index contributed by atoms with van der Waals surface area (Å²) < 4.78 is 4.96. The molecule has 1 aliphatic rings. The Morgan fingerprint density at radius 1 is 0.943 bits per heavy atom. The van der Waals surface area contributed by atoms with Crippen LogP contribution in [0.5, 0.6) is 0 Å². The number of amides is 3. The highest BCUT2D eigenvalue weighted by atomic mass is 16.5. The van der Waals surface area contributed by atoms with Gasteiger partial charge in [-0.2, -0.15) is 0 Å². The summed E-state index contributed by atoms with van der Waals surface area (Å²) in [5.74, 6) is -1.72. The van der Waals surface area contributed by atoms with E-state index in [0.29, 0.717) is 28.2 Å². The Morgan fingerprint density at radius 3 is 2.29 bits per heavy atom. The van der Waals surface area contributed by atoms with E-state index in [0.717, 1.165) is 5.56 Å². The monoisotopic (exact) mass is 471 g/mol. The predicted molar refractivity (Wildman–Crippen MR) is 132 cm³/mol. The second kappa shape index (κ2) is 10.2. The third-order valence-corrected chi connectivity index (χ3v) is 5.61. The molecule has 178 valence electrons. The van der Waals surface area contributed by atoms with Crippen LogP contribution < -0.4 is 15.5 Å². The molecule has 0 aliphatic carbocycles. The standard InChI is InChI=1S/C27H25N3O5/c1-3-35-27(34)19-12-14-20(15-13-19)28-24(31)16-23-25(32)29-21-6-4-5-7-22(21)30(23)26(33)18-10-8-17(2)9-11-18/h4-15,23H,3,16H2,1-2H3,(H,28,31)(H,29,32). The van der Waals surface area contributed by atoms with Crippen molar-refractivity contribution in [3.05, 3.63) is 89.5 Å². The van der Waals surface area contributed by atoms with Gasteiger partial charge in [0.25, 0.3) is 5.91 Å². The van der Waals surface area contributed by atoms with Crippen LogP contribution in [-0.4, -0.2) is 36.3 Å². The van der Waals surface area contributed by atoms with E-state index in [4.69, 9.17) is 4.74 Å². The summed E-state index contributed by atoms with van der Waals surface area (Å²) in [6, 6.07) is 19.2. The molecule has 1 heterocycles. The van der Waals surface area contributed by atoms with Crippen LogP contribution in [0, 0.1) is 6.92 Å². The zero-order chi connectivity index (χ0) is 24.9. The first-order valence-electron chi connectivity index (χ1n) is 11.2. The summed E-state index contributed by atoms with van der Waals surface area (Å²) in [5, 5.41) is 5.52. The number of ether oxygens (including phenoxy) is 1. The lowest BCUT2D eigenvalue weighted by atomic mass is 10.0. The molecular weight excluding hydrogens is 446 g/mol. The lowest BCUT2D eigenvalue weighted by Crippen LogP contribution is -2.52. The van der Waals surface area contributed by atoms with Gasteiger partial charge in [-0.1, -0.05) is 29.8 Å². The average Bonchev–Trinajstić information content (AvgIpc) is 2.85. The number of anilines is 3. The Kier molecular flexibility index (Phi) is 6.91. The summed E-state index contributed by atoms with van der Waals surface area (Å²) in [7, 11) is 0. The minimum Gasteiger partial charge on any atom is -0.462 e. The van der Waals surface area contributed by atoms with Crippen LogP contribution in [0.25, 0.3) is 0 Å². The second-order valence-corrected chi connectivity index (χ2v) is 8.11. The third kappa shape index (κ3) is 5.22. The smallest absolute Gasteiger partial charge is 0.338 e. The lowest BCUT2D eigenvalue weighted by Gasteiger charge is -2.36. The average molecular weight is 472 g/mol. The molecule has 3 aromatic carbocycles. The molecule has 0 bridgehead atoms. The van der Waals surface area contributed by atoms with E-state index in [9.17, 15) is 19.2 Å². The van der Waals surface area contributed by atoms with Gasteiger partial charge in [0.2, 0.25) is 11.8 Å². The predicted octanol–water partition coefficient (Wildman–Crippen LogP) is 4.17. The molecule has 3 amide bonds. The summed E-state index contributed by atoms with van der Waals surface area (Å²) in [6.45, 7) is 3.91. The number of carbonyl (C=O) groups excluding carboxylic acids is 4. The third-order valence-electron chi connectivity index (χ3n) is 5.61. The molecule has 0 saturated heterocycles. The van der Waals surface area contributed by atoms with E-state index in [1.54, 1.807) is 67.6 Å². The van der Waals surface area contributed by atoms with Crippen LogP contribution in [0.15, 0.2) is 72.8 Å². The molecule has 3 aromatic rings. The molecule has 4 rings (SSSR count). The first-order chi connectivity index (χ1) is 16.9. The van der Waals surface area contributed by atoms with Crippen LogP contribution in [0.4, 0.5) is 17.1 Å². The van der Waals surface area contributed by atoms with E-state index in [1.807, 2.05) is 19.1 Å². The summed E-state index contributed by atoms with van der Waals surface area (Å²) in [5.41, 5.74) is 3.26. The Balaban J connectivity index is 1.56. The van der Waals surface area contributed by atoms with Crippen LogP contribution >= 0.6 is 0 Å². The Hall–Kier alpha value is -4.46. The molecule has 8 heteroatoms. The van der Waals surface area contributed by atoms with Crippen LogP contribution in [0.2, 0.25) is 0 Å². The first-order valence-corrected chi connectivity index (χ1v) is 11.2. The van der Waals surface area contributed by atoms with Crippen molar-refractivity contribution in [3.8, 4) is 0 Å². The van der Waals surface area contributed by atoms with Gasteiger partial charge in [-0.25, -0.2) is 4.79 Å².